The summed E-state index contributed by atoms with van der Waals surface area (Å²) in [4.78, 5) is 12.1. The summed E-state index contributed by atoms with van der Waals surface area (Å²) in [5.41, 5.74) is 0.156. The van der Waals surface area contributed by atoms with Gasteiger partial charge in [-0.3, -0.25) is 4.79 Å². The molecule has 0 aromatic heterocycles. The van der Waals surface area contributed by atoms with Crippen molar-refractivity contribution in [3.8, 4) is 11.8 Å². The Hall–Kier alpha value is -3.40. The van der Waals surface area contributed by atoms with Gasteiger partial charge in [0, 0.05) is 18.0 Å². The van der Waals surface area contributed by atoms with Crippen LogP contribution in [0.4, 0.5) is 20.2 Å². The third-order valence-electron chi connectivity index (χ3n) is 3.09. The summed E-state index contributed by atoms with van der Waals surface area (Å²) in [7, 11) is 0. The minimum Gasteiger partial charge on any atom is -0.494 e. The van der Waals surface area contributed by atoms with Crippen molar-refractivity contribution in [3.05, 3.63) is 65.9 Å². The van der Waals surface area contributed by atoms with Crippen LogP contribution in [0.15, 0.2) is 54.2 Å². The quantitative estimate of drug-likeness (QED) is 0.618. The maximum atomic E-state index is 13.5. The zero-order valence-corrected chi connectivity index (χ0v) is 13.3. The van der Waals surface area contributed by atoms with E-state index in [4.69, 9.17) is 10.00 Å². The van der Waals surface area contributed by atoms with Crippen molar-refractivity contribution in [1.82, 2.24) is 0 Å². The predicted octanol–water partition coefficient (Wildman–Crippen LogP) is 3.82. The van der Waals surface area contributed by atoms with Crippen LogP contribution in [0.1, 0.15) is 6.92 Å². The number of rotatable bonds is 6. The van der Waals surface area contributed by atoms with E-state index < -0.39 is 17.5 Å². The van der Waals surface area contributed by atoms with Gasteiger partial charge in [0.15, 0.2) is 0 Å². The molecular formula is C18H15F2N3O2. The van der Waals surface area contributed by atoms with Crippen molar-refractivity contribution < 1.29 is 18.3 Å². The molecule has 0 fully saturated rings. The minimum absolute atomic E-state index is 0.0528. The Labute approximate surface area is 143 Å². The highest BCUT2D eigenvalue weighted by Crippen LogP contribution is 2.17. The molecule has 0 unspecified atom stereocenters. The van der Waals surface area contributed by atoms with Crippen LogP contribution in [0.25, 0.3) is 0 Å². The smallest absolute Gasteiger partial charge is 0.267 e. The van der Waals surface area contributed by atoms with Crippen LogP contribution in [-0.2, 0) is 4.79 Å². The molecule has 5 nitrogen and oxygen atoms in total. The minimum atomic E-state index is -0.833. The molecule has 2 rings (SSSR count). The van der Waals surface area contributed by atoms with Gasteiger partial charge in [-0.15, -0.1) is 0 Å². The number of nitrogens with one attached hydrogen (secondary N) is 2. The Morgan fingerprint density at radius 1 is 1.24 bits per heavy atom. The summed E-state index contributed by atoms with van der Waals surface area (Å²) >= 11 is 0. The summed E-state index contributed by atoms with van der Waals surface area (Å²) < 4.78 is 31.7. The first kappa shape index (κ1) is 17.9. The van der Waals surface area contributed by atoms with Crippen LogP contribution in [0.2, 0.25) is 0 Å². The van der Waals surface area contributed by atoms with E-state index in [-0.39, 0.29) is 11.3 Å². The molecule has 1 amide bonds. The van der Waals surface area contributed by atoms with Crippen LogP contribution in [0, 0.1) is 23.0 Å². The second-order valence-electron chi connectivity index (χ2n) is 4.85. The van der Waals surface area contributed by atoms with E-state index in [9.17, 15) is 13.6 Å². The third kappa shape index (κ3) is 5.04. The maximum absolute atomic E-state index is 13.5. The topological polar surface area (TPSA) is 74.1 Å². The molecule has 2 aromatic carbocycles. The fraction of sp³-hybridized carbons (Fsp3) is 0.111. The van der Waals surface area contributed by atoms with Crippen LogP contribution < -0.4 is 15.4 Å². The fourth-order valence-electron chi connectivity index (χ4n) is 1.90. The second-order valence-corrected chi connectivity index (χ2v) is 4.85. The zero-order valence-electron chi connectivity index (χ0n) is 13.3. The number of ether oxygens (including phenoxy) is 1. The first-order valence-electron chi connectivity index (χ1n) is 7.39. The molecule has 0 saturated carbocycles. The largest absolute Gasteiger partial charge is 0.494 e. The van der Waals surface area contributed by atoms with Crippen molar-refractivity contribution >= 4 is 17.3 Å². The molecule has 0 spiro atoms. The lowest BCUT2D eigenvalue weighted by Crippen LogP contribution is -2.14. The van der Waals surface area contributed by atoms with Gasteiger partial charge in [0.1, 0.15) is 29.0 Å². The number of nitrogens with zero attached hydrogens (tertiary/aromatic N) is 1. The summed E-state index contributed by atoms with van der Waals surface area (Å²) in [5, 5.41) is 14.1. The molecule has 0 atom stereocenters. The van der Waals surface area contributed by atoms with E-state index in [1.54, 1.807) is 30.3 Å². The lowest BCUT2D eigenvalue weighted by atomic mass is 10.2. The van der Waals surface area contributed by atoms with Crippen molar-refractivity contribution in [3.63, 3.8) is 0 Å². The van der Waals surface area contributed by atoms with Gasteiger partial charge in [-0.2, -0.15) is 5.26 Å². The Balaban J connectivity index is 2.06. The van der Waals surface area contributed by atoms with Crippen LogP contribution in [0.3, 0.4) is 0 Å². The van der Waals surface area contributed by atoms with Gasteiger partial charge in [-0.05, 0) is 43.3 Å². The highest BCUT2D eigenvalue weighted by atomic mass is 19.1. The lowest BCUT2D eigenvalue weighted by Gasteiger charge is -2.07. The van der Waals surface area contributed by atoms with Gasteiger partial charge in [0.2, 0.25) is 0 Å². The number of hydrogen-bond donors (Lipinski definition) is 2. The summed E-state index contributed by atoms with van der Waals surface area (Å²) in [6.45, 7) is 2.38. The maximum Gasteiger partial charge on any atom is 0.267 e. The highest BCUT2D eigenvalue weighted by Gasteiger charge is 2.10. The number of halogens is 2. The summed E-state index contributed by atoms with van der Waals surface area (Å²) in [6, 6.07) is 11.3. The van der Waals surface area contributed by atoms with Gasteiger partial charge in [-0.1, -0.05) is 0 Å². The molecule has 128 valence electrons. The SMILES string of the molecule is CCOc1ccc(NC(=O)/C(C#N)=C\Nc2ccc(F)cc2F)cc1. The van der Waals surface area contributed by atoms with Crippen molar-refractivity contribution in [2.75, 3.05) is 17.2 Å². The fourth-order valence-corrected chi connectivity index (χ4v) is 1.90. The number of carbonyl (C=O) groups is 1. The van der Waals surface area contributed by atoms with Gasteiger partial charge < -0.3 is 15.4 Å². The molecule has 0 aliphatic heterocycles. The number of benzene rings is 2. The molecule has 0 radical (unpaired) electrons. The molecule has 0 aliphatic carbocycles. The Morgan fingerprint density at radius 2 is 1.96 bits per heavy atom. The number of amides is 1. The molecule has 0 saturated heterocycles. The standard InChI is InChI=1S/C18H15F2N3O2/c1-2-25-15-6-4-14(5-7-15)23-18(24)12(10-21)11-22-17-8-3-13(19)9-16(17)20/h3-9,11,22H,2H2,1H3,(H,23,24)/b12-11-. The predicted molar refractivity (Wildman–Crippen MR) is 89.9 cm³/mol. The first-order chi connectivity index (χ1) is 12.0. The van der Waals surface area contributed by atoms with Crippen molar-refractivity contribution in [1.29, 1.82) is 5.26 Å². The first-order valence-corrected chi connectivity index (χ1v) is 7.39. The molecule has 25 heavy (non-hydrogen) atoms. The number of hydrogen-bond acceptors (Lipinski definition) is 4. The monoisotopic (exact) mass is 343 g/mol. The number of anilines is 2. The zero-order chi connectivity index (χ0) is 18.2. The average molecular weight is 343 g/mol. The van der Waals surface area contributed by atoms with Gasteiger partial charge >= 0.3 is 0 Å². The molecule has 7 heteroatoms. The normalized spacial score (nSPS) is 10.7. The number of nitriles is 1. The molecule has 2 N–H and O–H groups in total. The van der Waals surface area contributed by atoms with E-state index >= 15 is 0 Å². The molecule has 0 heterocycles. The van der Waals surface area contributed by atoms with Crippen LogP contribution in [-0.4, -0.2) is 12.5 Å². The Morgan fingerprint density at radius 3 is 2.56 bits per heavy atom. The van der Waals surface area contributed by atoms with Gasteiger partial charge in [0.05, 0.1) is 12.3 Å². The number of carbonyl (C=O) groups excluding carboxylic acids is 1. The van der Waals surface area contributed by atoms with Gasteiger partial charge in [-0.25, -0.2) is 8.78 Å². The average Bonchev–Trinajstić information content (AvgIpc) is 2.59. The van der Waals surface area contributed by atoms with Crippen LogP contribution in [0.5, 0.6) is 5.75 Å². The van der Waals surface area contributed by atoms with E-state index in [1.165, 1.54) is 6.07 Å². The van der Waals surface area contributed by atoms with E-state index in [1.807, 2.05) is 6.92 Å². The molecule has 0 aliphatic rings. The van der Waals surface area contributed by atoms with Crippen LogP contribution >= 0.6 is 0 Å². The van der Waals surface area contributed by atoms with E-state index in [2.05, 4.69) is 10.6 Å². The summed E-state index contributed by atoms with van der Waals surface area (Å²) in [5.74, 6) is -1.56. The van der Waals surface area contributed by atoms with Gasteiger partial charge in [0.25, 0.3) is 5.91 Å². The third-order valence-corrected chi connectivity index (χ3v) is 3.09. The molecule has 0 bridgehead atoms. The Kier molecular flexibility index (Phi) is 6.07. The van der Waals surface area contributed by atoms with Crippen molar-refractivity contribution in [2.24, 2.45) is 0 Å². The lowest BCUT2D eigenvalue weighted by molar-refractivity contribution is -0.112. The molecule has 2 aromatic rings. The summed E-state index contributed by atoms with van der Waals surface area (Å²) in [6.07, 6.45) is 1.06. The highest BCUT2D eigenvalue weighted by molar-refractivity contribution is 6.06. The van der Waals surface area contributed by atoms with Crippen molar-refractivity contribution in [2.45, 2.75) is 6.92 Å². The molecular weight excluding hydrogens is 328 g/mol. The van der Waals surface area contributed by atoms with E-state index in [0.717, 1.165) is 12.3 Å². The Bertz CT molecular complexity index is 827. The van der Waals surface area contributed by atoms with E-state index in [0.29, 0.717) is 24.1 Å². The second kappa shape index (κ2) is 8.45.